The molecule has 8 heteroatoms. The van der Waals surface area contributed by atoms with Crippen molar-refractivity contribution in [3.05, 3.63) is 82.4 Å². The second-order valence-electron chi connectivity index (χ2n) is 7.34. The molecule has 0 spiro atoms. The number of anilines is 1. The summed E-state index contributed by atoms with van der Waals surface area (Å²) in [6.45, 7) is 6.93. The smallest absolute Gasteiger partial charge is 0.419 e. The van der Waals surface area contributed by atoms with Gasteiger partial charge in [-0.05, 0) is 49.7 Å². The summed E-state index contributed by atoms with van der Waals surface area (Å²) in [5.74, 6) is -0.976. The molecular weight excluding hydrogens is 409 g/mol. The number of carbonyl (C=O) groups is 1. The summed E-state index contributed by atoms with van der Waals surface area (Å²) in [6, 6.07) is 9.42. The monoisotopic (exact) mass is 430 g/mol. The molecule has 162 valence electrons. The summed E-state index contributed by atoms with van der Waals surface area (Å²) in [4.78, 5) is 24.5. The number of rotatable bonds is 6. The van der Waals surface area contributed by atoms with Gasteiger partial charge in [-0.2, -0.15) is 13.2 Å². The number of allylic oxidation sites excluding steroid dienone is 1. The second kappa shape index (κ2) is 8.29. The predicted molar refractivity (Wildman–Crippen MR) is 113 cm³/mol. The van der Waals surface area contributed by atoms with Crippen molar-refractivity contribution in [2.75, 3.05) is 5.32 Å². The quantitative estimate of drug-likeness (QED) is 0.575. The molecule has 2 aromatic carbocycles. The first-order valence-electron chi connectivity index (χ1n) is 9.47. The number of nitrogens with zero attached hydrogens (tertiary/aromatic N) is 1. The maximum absolute atomic E-state index is 13.0. The van der Waals surface area contributed by atoms with Crippen molar-refractivity contribution in [2.45, 2.75) is 32.5 Å². The Bertz CT molecular complexity index is 1230. The molecule has 1 heterocycles. The number of aromatic hydroxyl groups is 1. The minimum atomic E-state index is -4.67. The van der Waals surface area contributed by atoms with Crippen molar-refractivity contribution in [2.24, 2.45) is 0 Å². The number of alkyl halides is 3. The molecular formula is C23H21F3N2O3. The minimum Gasteiger partial charge on any atom is -0.507 e. The molecule has 5 nitrogen and oxygen atoms in total. The third-order valence-electron chi connectivity index (χ3n) is 5.07. The normalized spacial score (nSPS) is 12.5. The maximum atomic E-state index is 13.0. The number of hydrogen-bond acceptors (Lipinski definition) is 4. The van der Waals surface area contributed by atoms with Crippen LogP contribution in [0, 0.1) is 0 Å². The SMILES string of the molecule is C=C(Cc1ccc(O)c(C(F)(F)F)c1)Nc1cccc2c(=O)n([C@H](C)C(C)=O)ccc12. The van der Waals surface area contributed by atoms with E-state index in [1.165, 1.54) is 17.6 Å². The van der Waals surface area contributed by atoms with Crippen LogP contribution in [0.2, 0.25) is 0 Å². The van der Waals surface area contributed by atoms with Gasteiger partial charge in [0.05, 0.1) is 11.6 Å². The molecule has 0 aliphatic heterocycles. The van der Waals surface area contributed by atoms with Crippen molar-refractivity contribution < 1.29 is 23.1 Å². The zero-order valence-electron chi connectivity index (χ0n) is 17.0. The predicted octanol–water partition coefficient (Wildman–Crippen LogP) is 5.04. The van der Waals surface area contributed by atoms with Gasteiger partial charge in [0, 0.05) is 34.8 Å². The Morgan fingerprint density at radius 1 is 1.19 bits per heavy atom. The number of benzene rings is 2. The van der Waals surface area contributed by atoms with E-state index in [0.717, 1.165) is 12.1 Å². The van der Waals surface area contributed by atoms with E-state index < -0.39 is 23.5 Å². The van der Waals surface area contributed by atoms with Crippen LogP contribution < -0.4 is 10.9 Å². The molecule has 0 amide bonds. The molecule has 0 bridgehead atoms. The Labute approximate surface area is 176 Å². The third-order valence-corrected chi connectivity index (χ3v) is 5.07. The highest BCUT2D eigenvalue weighted by atomic mass is 19.4. The fourth-order valence-corrected chi connectivity index (χ4v) is 3.30. The summed E-state index contributed by atoms with van der Waals surface area (Å²) < 4.78 is 40.4. The topological polar surface area (TPSA) is 71.3 Å². The number of carbonyl (C=O) groups excluding carboxylic acids is 1. The highest BCUT2D eigenvalue weighted by Gasteiger charge is 2.34. The molecule has 1 atom stereocenters. The Balaban J connectivity index is 1.89. The Kier molecular flexibility index (Phi) is 5.92. The maximum Gasteiger partial charge on any atom is 0.419 e. The van der Waals surface area contributed by atoms with Crippen LogP contribution in [-0.4, -0.2) is 15.5 Å². The number of pyridine rings is 1. The Morgan fingerprint density at radius 3 is 2.55 bits per heavy atom. The molecule has 31 heavy (non-hydrogen) atoms. The largest absolute Gasteiger partial charge is 0.507 e. The van der Waals surface area contributed by atoms with Gasteiger partial charge in [-0.3, -0.25) is 9.59 Å². The van der Waals surface area contributed by atoms with E-state index in [1.807, 2.05) is 0 Å². The number of nitrogens with one attached hydrogen (secondary N) is 1. The van der Waals surface area contributed by atoms with Crippen LogP contribution in [0.1, 0.15) is 31.0 Å². The van der Waals surface area contributed by atoms with Gasteiger partial charge >= 0.3 is 6.18 Å². The highest BCUT2D eigenvalue weighted by Crippen LogP contribution is 2.36. The van der Waals surface area contributed by atoms with Crippen molar-refractivity contribution in [1.29, 1.82) is 0 Å². The van der Waals surface area contributed by atoms with E-state index in [9.17, 15) is 27.9 Å². The van der Waals surface area contributed by atoms with Gasteiger partial charge in [0.25, 0.3) is 5.56 Å². The van der Waals surface area contributed by atoms with Gasteiger partial charge in [0.15, 0.2) is 5.78 Å². The van der Waals surface area contributed by atoms with E-state index in [-0.39, 0.29) is 17.8 Å². The van der Waals surface area contributed by atoms with Gasteiger partial charge in [-0.1, -0.05) is 18.7 Å². The number of fused-ring (bicyclic) bond motifs is 1. The third kappa shape index (κ3) is 4.63. The van der Waals surface area contributed by atoms with Crippen LogP contribution in [0.4, 0.5) is 18.9 Å². The van der Waals surface area contributed by atoms with Crippen molar-refractivity contribution in [1.82, 2.24) is 4.57 Å². The molecule has 2 N–H and O–H groups in total. The van der Waals surface area contributed by atoms with E-state index in [0.29, 0.717) is 27.7 Å². The van der Waals surface area contributed by atoms with Crippen LogP contribution in [-0.2, 0) is 17.4 Å². The zero-order chi connectivity index (χ0) is 22.9. The number of phenolic OH excluding ortho intramolecular Hbond substituents is 1. The average molecular weight is 430 g/mol. The first-order valence-corrected chi connectivity index (χ1v) is 9.47. The zero-order valence-corrected chi connectivity index (χ0v) is 17.0. The Hall–Kier alpha value is -3.55. The van der Waals surface area contributed by atoms with Crippen molar-refractivity contribution >= 4 is 22.2 Å². The molecule has 0 unspecified atom stereocenters. The average Bonchev–Trinajstić information content (AvgIpc) is 2.69. The van der Waals surface area contributed by atoms with Crippen LogP contribution >= 0.6 is 0 Å². The molecule has 3 aromatic rings. The lowest BCUT2D eigenvalue weighted by molar-refractivity contribution is -0.138. The van der Waals surface area contributed by atoms with Gasteiger partial charge in [-0.15, -0.1) is 0 Å². The molecule has 0 aliphatic carbocycles. The van der Waals surface area contributed by atoms with Crippen LogP contribution in [0.3, 0.4) is 0 Å². The molecule has 0 aliphatic rings. The summed E-state index contributed by atoms with van der Waals surface area (Å²) in [6.07, 6.45) is -3.04. The summed E-state index contributed by atoms with van der Waals surface area (Å²) in [5.41, 5.74) is -0.129. The number of aromatic nitrogens is 1. The van der Waals surface area contributed by atoms with Gasteiger partial charge in [0.2, 0.25) is 0 Å². The summed E-state index contributed by atoms with van der Waals surface area (Å²) in [5, 5.41) is 13.5. The summed E-state index contributed by atoms with van der Waals surface area (Å²) >= 11 is 0. The van der Waals surface area contributed by atoms with Crippen LogP contribution in [0.25, 0.3) is 10.8 Å². The lowest BCUT2D eigenvalue weighted by atomic mass is 10.0. The lowest BCUT2D eigenvalue weighted by Crippen LogP contribution is -2.26. The second-order valence-corrected chi connectivity index (χ2v) is 7.34. The number of halogens is 3. The number of phenols is 1. The first-order chi connectivity index (χ1) is 14.5. The molecule has 0 fully saturated rings. The van der Waals surface area contributed by atoms with Gasteiger partial charge in [-0.25, -0.2) is 0 Å². The van der Waals surface area contributed by atoms with E-state index in [4.69, 9.17) is 0 Å². The van der Waals surface area contributed by atoms with Gasteiger partial charge < -0.3 is 15.0 Å². The minimum absolute atomic E-state index is 0.0815. The lowest BCUT2D eigenvalue weighted by Gasteiger charge is -2.16. The van der Waals surface area contributed by atoms with Crippen LogP contribution in [0.5, 0.6) is 5.75 Å². The number of Topliss-reactive ketones (excluding diaryl/α,β-unsaturated/α-hetero) is 1. The van der Waals surface area contributed by atoms with Gasteiger partial charge in [0.1, 0.15) is 5.75 Å². The molecule has 3 rings (SSSR count). The Morgan fingerprint density at radius 2 is 1.90 bits per heavy atom. The van der Waals surface area contributed by atoms with E-state index >= 15 is 0 Å². The number of ketones is 1. The van der Waals surface area contributed by atoms with Crippen molar-refractivity contribution in [3.63, 3.8) is 0 Å². The summed E-state index contributed by atoms with van der Waals surface area (Å²) in [7, 11) is 0. The fraction of sp³-hybridized carbons (Fsp3) is 0.217. The van der Waals surface area contributed by atoms with E-state index in [1.54, 1.807) is 37.4 Å². The van der Waals surface area contributed by atoms with E-state index in [2.05, 4.69) is 11.9 Å². The standard InChI is InChI=1S/C23H21F3N2O3/c1-13(11-16-7-8-21(30)19(12-16)23(24,25)26)27-20-6-4-5-18-17(20)9-10-28(22(18)31)14(2)15(3)29/h4-10,12,14,27,30H,1,11H2,2-3H3/t14-/m1/s1. The highest BCUT2D eigenvalue weighted by molar-refractivity contribution is 5.94. The van der Waals surface area contributed by atoms with Crippen LogP contribution in [0.15, 0.2) is 65.7 Å². The molecule has 0 saturated carbocycles. The molecule has 0 radical (unpaired) electrons. The fourth-order valence-electron chi connectivity index (χ4n) is 3.30. The number of hydrogen-bond donors (Lipinski definition) is 2. The molecule has 1 aromatic heterocycles. The van der Waals surface area contributed by atoms with Crippen molar-refractivity contribution in [3.8, 4) is 5.75 Å². The first kappa shape index (κ1) is 22.1. The molecule has 0 saturated heterocycles.